The number of aromatic nitrogens is 1. The Morgan fingerprint density at radius 3 is 2.90 bits per heavy atom. The predicted octanol–water partition coefficient (Wildman–Crippen LogP) is 5.55. The highest BCUT2D eigenvalue weighted by atomic mass is 32.1. The number of hydrogen-bond acceptors (Lipinski definition) is 4. The van der Waals surface area contributed by atoms with Crippen LogP contribution in [0.4, 0.5) is 0 Å². The minimum Gasteiger partial charge on any atom is -0.493 e. The van der Waals surface area contributed by atoms with Gasteiger partial charge in [0.15, 0.2) is 0 Å². The van der Waals surface area contributed by atoms with Crippen molar-refractivity contribution >= 4 is 17.3 Å². The Bertz CT molecular complexity index is 1040. The van der Waals surface area contributed by atoms with Gasteiger partial charge in [-0.15, -0.1) is 11.3 Å². The van der Waals surface area contributed by atoms with Gasteiger partial charge in [-0.05, 0) is 61.9 Å². The molecule has 1 aliphatic rings. The maximum Gasteiger partial charge on any atom is 0.303 e. The third-order valence-electron chi connectivity index (χ3n) is 5.50. The smallest absolute Gasteiger partial charge is 0.303 e. The number of aryl methyl sites for hydroxylation is 3. The van der Waals surface area contributed by atoms with Crippen LogP contribution in [0.5, 0.6) is 5.75 Å². The molecule has 0 bridgehead atoms. The number of nitrogens with zero attached hydrogens (tertiary/aromatic N) is 1. The van der Waals surface area contributed by atoms with E-state index < -0.39 is 5.97 Å². The SMILES string of the molecule is Cc1cccc(-c2nc(CCOc3ccc4c(c3)CC[C@H]4CC(=O)O)c(C)s2)c1. The van der Waals surface area contributed by atoms with Gasteiger partial charge in [-0.3, -0.25) is 4.79 Å². The van der Waals surface area contributed by atoms with Crippen LogP contribution in [0.15, 0.2) is 42.5 Å². The normalized spacial score (nSPS) is 15.3. The summed E-state index contributed by atoms with van der Waals surface area (Å²) < 4.78 is 5.99. The fraction of sp³-hybridized carbons (Fsp3) is 0.333. The molecule has 0 saturated carbocycles. The van der Waals surface area contributed by atoms with E-state index in [4.69, 9.17) is 14.8 Å². The van der Waals surface area contributed by atoms with Crippen LogP contribution in [0.2, 0.25) is 0 Å². The molecule has 29 heavy (non-hydrogen) atoms. The van der Waals surface area contributed by atoms with Crippen LogP contribution >= 0.6 is 11.3 Å². The van der Waals surface area contributed by atoms with Crippen LogP contribution in [0, 0.1) is 13.8 Å². The van der Waals surface area contributed by atoms with Gasteiger partial charge in [0.1, 0.15) is 10.8 Å². The number of thiazole rings is 1. The zero-order valence-electron chi connectivity index (χ0n) is 16.8. The molecule has 1 heterocycles. The van der Waals surface area contributed by atoms with E-state index >= 15 is 0 Å². The average Bonchev–Trinajstić information content (AvgIpc) is 3.25. The minimum atomic E-state index is -0.730. The summed E-state index contributed by atoms with van der Waals surface area (Å²) in [7, 11) is 0. The van der Waals surface area contributed by atoms with Crippen molar-refractivity contribution in [2.45, 2.75) is 45.4 Å². The van der Waals surface area contributed by atoms with Gasteiger partial charge >= 0.3 is 5.97 Å². The number of rotatable bonds is 7. The third-order valence-corrected chi connectivity index (χ3v) is 6.56. The van der Waals surface area contributed by atoms with Crippen molar-refractivity contribution in [1.29, 1.82) is 0 Å². The molecule has 0 saturated heterocycles. The first-order valence-electron chi connectivity index (χ1n) is 10.0. The lowest BCUT2D eigenvalue weighted by atomic mass is 9.98. The Balaban J connectivity index is 1.38. The Kier molecular flexibility index (Phi) is 5.67. The summed E-state index contributed by atoms with van der Waals surface area (Å²) in [6.07, 6.45) is 2.81. The Hall–Kier alpha value is -2.66. The molecule has 4 nitrogen and oxygen atoms in total. The summed E-state index contributed by atoms with van der Waals surface area (Å²) in [6.45, 7) is 4.79. The summed E-state index contributed by atoms with van der Waals surface area (Å²) in [5.74, 6) is 0.257. The number of fused-ring (bicyclic) bond motifs is 1. The van der Waals surface area contributed by atoms with Crippen molar-refractivity contribution in [2.24, 2.45) is 0 Å². The Morgan fingerprint density at radius 1 is 1.24 bits per heavy atom. The molecule has 150 valence electrons. The van der Waals surface area contributed by atoms with Gasteiger partial charge in [-0.25, -0.2) is 4.98 Å². The molecule has 1 N–H and O–H groups in total. The van der Waals surface area contributed by atoms with Crippen molar-refractivity contribution < 1.29 is 14.6 Å². The number of carbonyl (C=O) groups is 1. The van der Waals surface area contributed by atoms with E-state index in [9.17, 15) is 4.79 Å². The van der Waals surface area contributed by atoms with Gasteiger partial charge in [0.2, 0.25) is 0 Å². The first-order chi connectivity index (χ1) is 14.0. The summed E-state index contributed by atoms with van der Waals surface area (Å²) in [5.41, 5.74) is 5.88. The second kappa shape index (κ2) is 8.37. The highest BCUT2D eigenvalue weighted by Crippen LogP contribution is 2.37. The zero-order chi connectivity index (χ0) is 20.4. The average molecular weight is 408 g/mol. The van der Waals surface area contributed by atoms with Gasteiger partial charge in [-0.2, -0.15) is 0 Å². The van der Waals surface area contributed by atoms with Crippen molar-refractivity contribution in [2.75, 3.05) is 6.61 Å². The molecule has 0 spiro atoms. The molecule has 1 aliphatic carbocycles. The van der Waals surface area contributed by atoms with Crippen molar-refractivity contribution in [1.82, 2.24) is 4.98 Å². The lowest BCUT2D eigenvalue weighted by Gasteiger charge is -2.10. The number of ether oxygens (including phenoxy) is 1. The second-order valence-corrected chi connectivity index (χ2v) is 8.89. The monoisotopic (exact) mass is 407 g/mol. The molecule has 0 fully saturated rings. The van der Waals surface area contributed by atoms with Crippen LogP contribution in [-0.2, 0) is 17.6 Å². The van der Waals surface area contributed by atoms with Crippen LogP contribution in [0.25, 0.3) is 10.6 Å². The molecular formula is C24H25NO3S. The Morgan fingerprint density at radius 2 is 2.10 bits per heavy atom. The summed E-state index contributed by atoms with van der Waals surface area (Å²) >= 11 is 1.73. The van der Waals surface area contributed by atoms with E-state index in [1.54, 1.807) is 11.3 Å². The van der Waals surface area contributed by atoms with Gasteiger partial charge < -0.3 is 9.84 Å². The fourth-order valence-corrected chi connectivity index (χ4v) is 4.98. The molecular weight excluding hydrogens is 382 g/mol. The number of benzene rings is 2. The first kappa shape index (κ1) is 19.6. The van der Waals surface area contributed by atoms with Crippen LogP contribution < -0.4 is 4.74 Å². The molecule has 5 heteroatoms. The second-order valence-electron chi connectivity index (χ2n) is 7.68. The van der Waals surface area contributed by atoms with Crippen molar-refractivity contribution in [3.05, 3.63) is 69.7 Å². The standard InChI is InChI=1S/C24H25NO3S/c1-15-4-3-5-19(12-15)24-25-22(16(2)29-24)10-11-28-20-8-9-21-17(13-20)6-7-18(21)14-23(26)27/h3-5,8-9,12-13,18H,6-7,10-11,14H2,1-2H3,(H,26,27)/t18-/m0/s1. The molecule has 1 aromatic heterocycles. The van der Waals surface area contributed by atoms with Crippen molar-refractivity contribution in [3.8, 4) is 16.3 Å². The highest BCUT2D eigenvalue weighted by molar-refractivity contribution is 7.15. The van der Waals surface area contributed by atoms with E-state index in [0.29, 0.717) is 6.61 Å². The van der Waals surface area contributed by atoms with Gasteiger partial charge in [-0.1, -0.05) is 29.8 Å². The largest absolute Gasteiger partial charge is 0.493 e. The van der Waals surface area contributed by atoms with E-state index in [1.165, 1.54) is 21.6 Å². The highest BCUT2D eigenvalue weighted by Gasteiger charge is 2.24. The molecule has 1 atom stereocenters. The molecule has 3 aromatic rings. The molecule has 0 unspecified atom stereocenters. The topological polar surface area (TPSA) is 59.4 Å². The predicted molar refractivity (Wildman–Crippen MR) is 116 cm³/mol. The molecule has 4 rings (SSSR count). The lowest BCUT2D eigenvalue weighted by Crippen LogP contribution is -2.04. The van der Waals surface area contributed by atoms with Gasteiger partial charge in [0.25, 0.3) is 0 Å². The van der Waals surface area contributed by atoms with Crippen LogP contribution in [-0.4, -0.2) is 22.7 Å². The summed E-state index contributed by atoms with van der Waals surface area (Å²) in [5, 5.41) is 10.1. The van der Waals surface area contributed by atoms with E-state index in [1.807, 2.05) is 12.1 Å². The van der Waals surface area contributed by atoms with E-state index in [2.05, 4.69) is 44.2 Å². The number of hydrogen-bond donors (Lipinski definition) is 1. The molecule has 0 amide bonds. The molecule has 0 radical (unpaired) electrons. The molecule has 2 aromatic carbocycles. The summed E-state index contributed by atoms with van der Waals surface area (Å²) in [6, 6.07) is 14.5. The molecule has 0 aliphatic heterocycles. The minimum absolute atomic E-state index is 0.134. The summed E-state index contributed by atoms with van der Waals surface area (Å²) in [4.78, 5) is 17.1. The fourth-order valence-electron chi connectivity index (χ4n) is 4.02. The maximum absolute atomic E-state index is 11.0. The lowest BCUT2D eigenvalue weighted by molar-refractivity contribution is -0.137. The quantitative estimate of drug-likeness (QED) is 0.558. The van der Waals surface area contributed by atoms with Gasteiger partial charge in [0, 0.05) is 16.9 Å². The van der Waals surface area contributed by atoms with Crippen LogP contribution in [0.3, 0.4) is 0 Å². The van der Waals surface area contributed by atoms with Crippen molar-refractivity contribution in [3.63, 3.8) is 0 Å². The van der Waals surface area contributed by atoms with Crippen LogP contribution in [0.1, 0.15) is 46.0 Å². The maximum atomic E-state index is 11.0. The first-order valence-corrected chi connectivity index (χ1v) is 10.8. The number of aliphatic carboxylic acids is 1. The number of carboxylic acids is 1. The van der Waals surface area contributed by atoms with E-state index in [0.717, 1.165) is 41.3 Å². The van der Waals surface area contributed by atoms with E-state index in [-0.39, 0.29) is 12.3 Å². The third kappa shape index (κ3) is 4.51. The Labute approximate surface area is 175 Å². The van der Waals surface area contributed by atoms with Gasteiger partial charge in [0.05, 0.1) is 18.7 Å². The zero-order valence-corrected chi connectivity index (χ0v) is 17.6. The number of carboxylic acid groups (broad SMARTS) is 1.